The van der Waals surface area contributed by atoms with Gasteiger partial charge in [0.2, 0.25) is 0 Å². The average Bonchev–Trinajstić information content (AvgIpc) is 2.61. The zero-order valence-electron chi connectivity index (χ0n) is 13.3. The van der Waals surface area contributed by atoms with Gasteiger partial charge < -0.3 is 9.62 Å². The van der Waals surface area contributed by atoms with Gasteiger partial charge in [-0.2, -0.15) is 0 Å². The second kappa shape index (κ2) is 4.42. The summed E-state index contributed by atoms with van der Waals surface area (Å²) in [5, 5.41) is 0. The second-order valence-corrected chi connectivity index (χ2v) is 6.40. The maximum atomic E-state index is 2.40. The van der Waals surface area contributed by atoms with Gasteiger partial charge in [0, 0.05) is 22.5 Å². The van der Waals surface area contributed by atoms with E-state index < -0.39 is 0 Å². The molecule has 3 aromatic rings. The van der Waals surface area contributed by atoms with Gasteiger partial charge in [-0.25, -0.2) is 0 Å². The summed E-state index contributed by atoms with van der Waals surface area (Å²) < 4.78 is 0. The first-order valence-electron chi connectivity index (χ1n) is 8.05. The number of benzene rings is 3. The number of fused-ring (bicyclic) bond motifs is 4. The van der Waals surface area contributed by atoms with Gasteiger partial charge in [-0.1, -0.05) is 54.6 Å². The third-order valence-electron chi connectivity index (χ3n) is 5.25. The van der Waals surface area contributed by atoms with Gasteiger partial charge in [-0.15, -0.1) is 0 Å². The smallest absolute Gasteiger partial charge is 0.394 e. The summed E-state index contributed by atoms with van der Waals surface area (Å²) in [4.78, 5) is 4.80. The summed E-state index contributed by atoms with van der Waals surface area (Å²) in [6.45, 7) is 0.242. The van der Waals surface area contributed by atoms with Gasteiger partial charge in [-0.05, 0) is 42.8 Å². The molecular formula is C20H17BN2. The van der Waals surface area contributed by atoms with Gasteiger partial charge in [0.1, 0.15) is 0 Å². The number of para-hydroxylation sites is 2. The van der Waals surface area contributed by atoms with Crippen LogP contribution in [0.4, 0.5) is 11.4 Å². The molecule has 0 radical (unpaired) electrons. The monoisotopic (exact) mass is 296 g/mol. The molecule has 3 aromatic carbocycles. The van der Waals surface area contributed by atoms with Crippen LogP contribution in [0.5, 0.6) is 0 Å². The molecule has 0 aliphatic carbocycles. The van der Waals surface area contributed by atoms with Crippen molar-refractivity contribution in [3.8, 4) is 22.3 Å². The second-order valence-electron chi connectivity index (χ2n) is 6.40. The molecule has 0 fully saturated rings. The van der Waals surface area contributed by atoms with Crippen LogP contribution in [0, 0.1) is 0 Å². The van der Waals surface area contributed by atoms with E-state index in [1.54, 1.807) is 0 Å². The standard InChI is InChI=1S/C20H17BN2/c1-22-18-12-5-3-8-14(18)16-10-7-11-17-15-9-4-6-13-19(15)23(2)21(22)20(16)17/h3-13H,1-2H3. The molecule has 5 rings (SSSR count). The third-order valence-corrected chi connectivity index (χ3v) is 5.25. The minimum absolute atomic E-state index is 0.242. The van der Waals surface area contributed by atoms with Crippen molar-refractivity contribution >= 4 is 23.8 Å². The highest BCUT2D eigenvalue weighted by molar-refractivity contribution is 6.84. The largest absolute Gasteiger partial charge is 0.412 e. The van der Waals surface area contributed by atoms with Crippen LogP contribution in [0.2, 0.25) is 0 Å². The van der Waals surface area contributed by atoms with E-state index in [-0.39, 0.29) is 6.98 Å². The summed E-state index contributed by atoms with van der Waals surface area (Å²) in [5.41, 5.74) is 9.41. The molecule has 2 nitrogen and oxygen atoms in total. The molecule has 2 heterocycles. The van der Waals surface area contributed by atoms with Crippen molar-refractivity contribution in [1.29, 1.82) is 0 Å². The fourth-order valence-electron chi connectivity index (χ4n) is 4.24. The van der Waals surface area contributed by atoms with Crippen molar-refractivity contribution < 1.29 is 0 Å². The summed E-state index contributed by atoms with van der Waals surface area (Å²) in [7, 11) is 4.40. The Bertz CT molecular complexity index is 863. The van der Waals surface area contributed by atoms with Gasteiger partial charge in [0.15, 0.2) is 0 Å². The molecule has 0 aromatic heterocycles. The highest BCUT2D eigenvalue weighted by atomic mass is 15.2. The molecule has 110 valence electrons. The van der Waals surface area contributed by atoms with Crippen molar-refractivity contribution in [2.75, 3.05) is 23.7 Å². The topological polar surface area (TPSA) is 6.48 Å². The molecule has 0 spiro atoms. The molecule has 2 aliphatic rings. The van der Waals surface area contributed by atoms with Crippen molar-refractivity contribution in [2.24, 2.45) is 0 Å². The fraction of sp³-hybridized carbons (Fsp3) is 0.100. The molecule has 0 unspecified atom stereocenters. The van der Waals surface area contributed by atoms with Crippen LogP contribution in [-0.2, 0) is 0 Å². The summed E-state index contributed by atoms with van der Waals surface area (Å²) >= 11 is 0. The Hall–Kier alpha value is -2.68. The van der Waals surface area contributed by atoms with Crippen LogP contribution in [0.3, 0.4) is 0 Å². The first-order chi connectivity index (χ1) is 11.3. The van der Waals surface area contributed by atoms with E-state index in [0.717, 1.165) is 0 Å². The fourth-order valence-corrected chi connectivity index (χ4v) is 4.24. The zero-order chi connectivity index (χ0) is 15.6. The lowest BCUT2D eigenvalue weighted by molar-refractivity contribution is 1.19. The molecule has 0 amide bonds. The number of nitrogens with zero attached hydrogens (tertiary/aromatic N) is 2. The molecule has 0 bridgehead atoms. The Morgan fingerprint density at radius 1 is 0.565 bits per heavy atom. The predicted octanol–water partition coefficient (Wildman–Crippen LogP) is 3.62. The van der Waals surface area contributed by atoms with Crippen molar-refractivity contribution in [2.45, 2.75) is 0 Å². The molecule has 3 heteroatoms. The maximum absolute atomic E-state index is 2.40. The van der Waals surface area contributed by atoms with Crippen LogP contribution in [-0.4, -0.2) is 21.1 Å². The predicted molar refractivity (Wildman–Crippen MR) is 99.5 cm³/mol. The lowest BCUT2D eigenvalue weighted by Crippen LogP contribution is -2.62. The first kappa shape index (κ1) is 12.8. The number of anilines is 2. The van der Waals surface area contributed by atoms with Gasteiger partial charge in [0.05, 0.1) is 0 Å². The van der Waals surface area contributed by atoms with E-state index in [9.17, 15) is 0 Å². The van der Waals surface area contributed by atoms with E-state index in [0.29, 0.717) is 0 Å². The van der Waals surface area contributed by atoms with E-state index in [4.69, 9.17) is 0 Å². The Morgan fingerprint density at radius 3 is 1.52 bits per heavy atom. The Labute approximate surface area is 137 Å². The third kappa shape index (κ3) is 1.54. The van der Waals surface area contributed by atoms with Crippen molar-refractivity contribution in [3.63, 3.8) is 0 Å². The SMILES string of the molecule is CN1B2c3c(cccc3-c3ccccc3N2C)-c2ccccc21. The Balaban J connectivity index is 1.91. The molecular weight excluding hydrogens is 279 g/mol. The number of rotatable bonds is 0. The van der Waals surface area contributed by atoms with Crippen LogP contribution < -0.4 is 15.1 Å². The average molecular weight is 296 g/mol. The van der Waals surface area contributed by atoms with Gasteiger partial charge in [-0.3, -0.25) is 0 Å². The van der Waals surface area contributed by atoms with E-state index >= 15 is 0 Å². The van der Waals surface area contributed by atoms with E-state index in [2.05, 4.69) is 90.4 Å². The van der Waals surface area contributed by atoms with E-state index in [1.165, 1.54) is 39.1 Å². The first-order valence-corrected chi connectivity index (χ1v) is 8.05. The minimum Gasteiger partial charge on any atom is -0.394 e. The summed E-state index contributed by atoms with van der Waals surface area (Å²) in [6.07, 6.45) is 0. The van der Waals surface area contributed by atoms with Crippen LogP contribution in [0.1, 0.15) is 0 Å². The van der Waals surface area contributed by atoms with Gasteiger partial charge in [0.25, 0.3) is 0 Å². The van der Waals surface area contributed by atoms with Crippen molar-refractivity contribution in [3.05, 3.63) is 66.7 Å². The van der Waals surface area contributed by atoms with Crippen LogP contribution >= 0.6 is 0 Å². The number of hydrogen-bond donors (Lipinski definition) is 0. The van der Waals surface area contributed by atoms with Gasteiger partial charge >= 0.3 is 6.98 Å². The molecule has 0 saturated carbocycles. The Morgan fingerprint density at radius 2 is 1.00 bits per heavy atom. The normalized spacial score (nSPS) is 14.3. The van der Waals surface area contributed by atoms with E-state index in [1.807, 2.05) is 0 Å². The Kier molecular flexibility index (Phi) is 2.46. The molecule has 0 atom stereocenters. The van der Waals surface area contributed by atoms with Crippen molar-refractivity contribution in [1.82, 2.24) is 0 Å². The lowest BCUT2D eigenvalue weighted by atomic mass is 9.54. The summed E-state index contributed by atoms with van der Waals surface area (Å²) in [5.74, 6) is 0. The molecule has 2 aliphatic heterocycles. The van der Waals surface area contributed by atoms with Crippen LogP contribution in [0.25, 0.3) is 22.3 Å². The van der Waals surface area contributed by atoms with Crippen LogP contribution in [0.15, 0.2) is 66.7 Å². The quantitative estimate of drug-likeness (QED) is 0.585. The summed E-state index contributed by atoms with van der Waals surface area (Å²) in [6, 6.07) is 24.1. The zero-order valence-corrected chi connectivity index (χ0v) is 13.3. The molecule has 23 heavy (non-hydrogen) atoms. The highest BCUT2D eigenvalue weighted by Crippen LogP contribution is 2.42. The maximum Gasteiger partial charge on any atom is 0.412 e. The molecule has 0 saturated heterocycles. The highest BCUT2D eigenvalue weighted by Gasteiger charge is 2.42. The minimum atomic E-state index is 0.242. The lowest BCUT2D eigenvalue weighted by Gasteiger charge is -2.44. The molecule has 0 N–H and O–H groups in total. The number of hydrogen-bond acceptors (Lipinski definition) is 2.